The van der Waals surface area contributed by atoms with Gasteiger partial charge in [-0.15, -0.1) is 12.4 Å². The number of phenols is 1. The van der Waals surface area contributed by atoms with Crippen LogP contribution >= 0.6 is 12.4 Å². The number of hydrogen-bond acceptors (Lipinski definition) is 6. The normalized spacial score (nSPS) is 15.4. The molecule has 1 atom stereocenters. The molecule has 0 amide bonds. The number of benzene rings is 2. The second-order valence-electron chi connectivity index (χ2n) is 7.75. The number of imidazole rings is 1. The van der Waals surface area contributed by atoms with Crippen molar-refractivity contribution in [3.8, 4) is 22.6 Å². The number of rotatable bonds is 4. The molecule has 0 aliphatic carbocycles. The van der Waals surface area contributed by atoms with Crippen molar-refractivity contribution in [2.75, 3.05) is 20.2 Å². The molecular weight excluding hydrogens is 444 g/mol. The van der Waals surface area contributed by atoms with Gasteiger partial charge in [-0.05, 0) is 54.9 Å². The van der Waals surface area contributed by atoms with Crippen LogP contribution in [0.1, 0.15) is 22.8 Å². The Kier molecular flexibility index (Phi) is 6.22. The number of nitrogens with one attached hydrogen (secondary N) is 1. The Balaban J connectivity index is 0.00000259. The van der Waals surface area contributed by atoms with Crippen molar-refractivity contribution in [1.29, 1.82) is 0 Å². The standard InChI is InChI=1S/C24H22N4O4.ClH/c1-32-23(30)16-6-4-15(5-7-16)19-9-8-17(13-21(19)29)27-20-3-2-11-26-22(20)28(24(27)31)18-10-12-25-14-18;/h2-9,11,13,18,25,29H,10,12,14H2,1H3;1H/t18-;/m0./s1. The van der Waals surface area contributed by atoms with Crippen LogP contribution in [-0.2, 0) is 4.74 Å². The number of nitrogens with zero attached hydrogens (tertiary/aromatic N) is 3. The lowest BCUT2D eigenvalue weighted by molar-refractivity contribution is 0.0600. The minimum atomic E-state index is -0.419. The third-order valence-electron chi connectivity index (χ3n) is 5.89. The Bertz CT molecular complexity index is 1370. The first-order chi connectivity index (χ1) is 15.6. The molecule has 3 heterocycles. The second kappa shape index (κ2) is 9.09. The van der Waals surface area contributed by atoms with Gasteiger partial charge in [-0.3, -0.25) is 9.13 Å². The number of halogens is 1. The molecule has 2 N–H and O–H groups in total. The van der Waals surface area contributed by atoms with Crippen LogP contribution in [-0.4, -0.2) is 45.4 Å². The fourth-order valence-corrected chi connectivity index (χ4v) is 4.30. The minimum absolute atomic E-state index is 0. The molecule has 0 bridgehead atoms. The van der Waals surface area contributed by atoms with E-state index in [4.69, 9.17) is 4.74 Å². The van der Waals surface area contributed by atoms with Crippen molar-refractivity contribution >= 4 is 29.5 Å². The second-order valence-corrected chi connectivity index (χ2v) is 7.75. The third-order valence-corrected chi connectivity index (χ3v) is 5.89. The van der Waals surface area contributed by atoms with Crippen LogP contribution in [0.3, 0.4) is 0 Å². The van der Waals surface area contributed by atoms with Crippen LogP contribution in [0.4, 0.5) is 0 Å². The highest BCUT2D eigenvalue weighted by atomic mass is 35.5. The molecule has 4 aromatic rings. The number of fused-ring (bicyclic) bond motifs is 1. The van der Waals surface area contributed by atoms with Crippen LogP contribution in [0.2, 0.25) is 0 Å². The van der Waals surface area contributed by atoms with Gasteiger partial charge in [0.2, 0.25) is 0 Å². The van der Waals surface area contributed by atoms with Crippen molar-refractivity contribution in [2.45, 2.75) is 12.5 Å². The van der Waals surface area contributed by atoms with Crippen molar-refractivity contribution in [2.24, 2.45) is 0 Å². The fraction of sp³-hybridized carbons (Fsp3) is 0.208. The van der Waals surface area contributed by atoms with Gasteiger partial charge < -0.3 is 15.2 Å². The maximum Gasteiger partial charge on any atom is 0.337 e. The van der Waals surface area contributed by atoms with Crippen molar-refractivity contribution in [3.63, 3.8) is 0 Å². The number of carbonyl (C=O) groups is 1. The highest BCUT2D eigenvalue weighted by Gasteiger charge is 2.24. The lowest BCUT2D eigenvalue weighted by Gasteiger charge is -2.10. The first-order valence-corrected chi connectivity index (χ1v) is 10.4. The van der Waals surface area contributed by atoms with Crippen LogP contribution < -0.4 is 11.0 Å². The Morgan fingerprint density at radius 2 is 1.97 bits per heavy atom. The van der Waals surface area contributed by atoms with E-state index < -0.39 is 5.97 Å². The van der Waals surface area contributed by atoms with Crippen molar-refractivity contribution in [3.05, 3.63) is 76.8 Å². The zero-order valence-corrected chi connectivity index (χ0v) is 18.7. The summed E-state index contributed by atoms with van der Waals surface area (Å²) in [6.45, 7) is 1.59. The summed E-state index contributed by atoms with van der Waals surface area (Å²) < 4.78 is 8.05. The molecule has 33 heavy (non-hydrogen) atoms. The first kappa shape index (κ1) is 22.6. The molecule has 0 unspecified atom stereocenters. The summed E-state index contributed by atoms with van der Waals surface area (Å²) >= 11 is 0. The van der Waals surface area contributed by atoms with E-state index in [1.54, 1.807) is 63.9 Å². The van der Waals surface area contributed by atoms with Crippen molar-refractivity contribution < 1.29 is 14.6 Å². The molecule has 1 aliphatic rings. The molecule has 5 rings (SSSR count). The number of methoxy groups -OCH3 is 1. The van der Waals surface area contributed by atoms with E-state index in [9.17, 15) is 14.7 Å². The predicted octanol–water partition coefficient (Wildman–Crippen LogP) is 3.30. The maximum atomic E-state index is 13.4. The molecule has 2 aromatic carbocycles. The molecule has 1 fully saturated rings. The van der Waals surface area contributed by atoms with E-state index in [1.807, 2.05) is 6.07 Å². The molecule has 9 heteroatoms. The number of hydrogen-bond donors (Lipinski definition) is 2. The van der Waals surface area contributed by atoms with E-state index >= 15 is 0 Å². The van der Waals surface area contributed by atoms with Gasteiger partial charge in [0, 0.05) is 24.4 Å². The maximum absolute atomic E-state index is 13.4. The van der Waals surface area contributed by atoms with E-state index in [1.165, 1.54) is 7.11 Å². The lowest BCUT2D eigenvalue weighted by atomic mass is 10.0. The van der Waals surface area contributed by atoms with E-state index in [0.717, 1.165) is 25.1 Å². The molecule has 0 spiro atoms. The number of ether oxygens (including phenoxy) is 1. The molecular formula is C24H23ClN4O4. The average Bonchev–Trinajstić information content (AvgIpc) is 3.44. The molecule has 0 saturated carbocycles. The fourth-order valence-electron chi connectivity index (χ4n) is 4.30. The Hall–Kier alpha value is -3.62. The lowest BCUT2D eigenvalue weighted by Crippen LogP contribution is -2.28. The highest BCUT2D eigenvalue weighted by molar-refractivity contribution is 5.90. The van der Waals surface area contributed by atoms with Crippen LogP contribution in [0.5, 0.6) is 5.75 Å². The van der Waals surface area contributed by atoms with Gasteiger partial charge in [-0.2, -0.15) is 0 Å². The summed E-state index contributed by atoms with van der Waals surface area (Å²) in [5.74, 6) is -0.384. The number of esters is 1. The quantitative estimate of drug-likeness (QED) is 0.448. The number of aromatic hydroxyl groups is 1. The van der Waals surface area contributed by atoms with E-state index in [-0.39, 0.29) is 29.9 Å². The van der Waals surface area contributed by atoms with Gasteiger partial charge in [0.25, 0.3) is 0 Å². The highest BCUT2D eigenvalue weighted by Crippen LogP contribution is 2.32. The zero-order chi connectivity index (χ0) is 22.2. The van der Waals surface area contributed by atoms with Gasteiger partial charge in [-0.1, -0.05) is 12.1 Å². The van der Waals surface area contributed by atoms with E-state index in [0.29, 0.717) is 28.0 Å². The molecule has 1 aliphatic heterocycles. The number of aromatic nitrogens is 3. The number of carbonyl (C=O) groups excluding carboxylic acids is 1. The molecule has 2 aromatic heterocycles. The van der Waals surface area contributed by atoms with Gasteiger partial charge >= 0.3 is 11.7 Å². The average molecular weight is 467 g/mol. The SMILES string of the molecule is COC(=O)c1ccc(-c2ccc(-n3c(=O)n([C@H]4CCNC4)c4ncccc43)cc2O)cc1.Cl. The summed E-state index contributed by atoms with van der Waals surface area (Å²) in [6.07, 6.45) is 2.55. The monoisotopic (exact) mass is 466 g/mol. The van der Waals surface area contributed by atoms with Crippen molar-refractivity contribution in [1.82, 2.24) is 19.4 Å². The predicted molar refractivity (Wildman–Crippen MR) is 128 cm³/mol. The van der Waals surface area contributed by atoms with Gasteiger partial charge in [0.1, 0.15) is 5.75 Å². The van der Waals surface area contributed by atoms with Crippen LogP contribution in [0.25, 0.3) is 28.0 Å². The Labute approximate surface area is 195 Å². The Morgan fingerprint density at radius 1 is 1.18 bits per heavy atom. The third kappa shape index (κ3) is 3.88. The topological polar surface area (TPSA) is 98.4 Å². The summed E-state index contributed by atoms with van der Waals surface area (Å²) in [7, 11) is 1.33. The first-order valence-electron chi connectivity index (χ1n) is 10.4. The molecule has 0 radical (unpaired) electrons. The number of pyridine rings is 1. The summed E-state index contributed by atoms with van der Waals surface area (Å²) in [6, 6.07) is 15.6. The van der Waals surface area contributed by atoms with Gasteiger partial charge in [0.05, 0.1) is 29.9 Å². The van der Waals surface area contributed by atoms with Gasteiger partial charge in [-0.25, -0.2) is 14.6 Å². The minimum Gasteiger partial charge on any atom is -0.507 e. The molecule has 170 valence electrons. The largest absolute Gasteiger partial charge is 0.507 e. The smallest absolute Gasteiger partial charge is 0.337 e. The van der Waals surface area contributed by atoms with Crippen LogP contribution in [0.15, 0.2) is 65.6 Å². The van der Waals surface area contributed by atoms with Gasteiger partial charge in [0.15, 0.2) is 5.65 Å². The summed E-state index contributed by atoms with van der Waals surface area (Å²) in [4.78, 5) is 29.5. The molecule has 8 nitrogen and oxygen atoms in total. The number of phenolic OH excluding ortho intramolecular Hbond substituents is 1. The summed E-state index contributed by atoms with van der Waals surface area (Å²) in [5, 5.41) is 14.1. The Morgan fingerprint density at radius 3 is 2.64 bits per heavy atom. The molecule has 1 saturated heterocycles. The summed E-state index contributed by atoms with van der Waals surface area (Å²) in [5.41, 5.74) is 3.48. The van der Waals surface area contributed by atoms with E-state index in [2.05, 4.69) is 10.3 Å². The van der Waals surface area contributed by atoms with Crippen LogP contribution in [0, 0.1) is 0 Å². The zero-order valence-electron chi connectivity index (χ0n) is 17.9.